The lowest BCUT2D eigenvalue weighted by Crippen LogP contribution is -2.25. The van der Waals surface area contributed by atoms with Gasteiger partial charge in [0.15, 0.2) is 5.78 Å². The normalized spacial score (nSPS) is 16.6. The van der Waals surface area contributed by atoms with Crippen molar-refractivity contribution in [3.8, 4) is 0 Å². The number of nitrogens with two attached hydrogens (primary N) is 1. The first-order chi connectivity index (χ1) is 11.5. The summed E-state index contributed by atoms with van der Waals surface area (Å²) in [7, 11) is -0.730. The molecule has 1 aromatic carbocycles. The maximum absolute atomic E-state index is 12.2. The fourth-order valence-corrected chi connectivity index (χ4v) is 2.26. The molecule has 4 N–H and O–H groups in total. The second-order valence-electron chi connectivity index (χ2n) is 5.70. The van der Waals surface area contributed by atoms with Gasteiger partial charge in [-0.25, -0.2) is 9.97 Å². The Kier molecular flexibility index (Phi) is 5.07. The fourth-order valence-electron chi connectivity index (χ4n) is 2.26. The fraction of sp³-hybridized carbons (Fsp3) is 0.267. The molecule has 2 aromatic rings. The van der Waals surface area contributed by atoms with E-state index >= 15 is 0 Å². The van der Waals surface area contributed by atoms with Gasteiger partial charge in [0.1, 0.15) is 5.69 Å². The van der Waals surface area contributed by atoms with E-state index in [9.17, 15) is 4.79 Å². The minimum atomic E-state index is -4.67. The Morgan fingerprint density at radius 1 is 1.16 bits per heavy atom. The van der Waals surface area contributed by atoms with Crippen molar-refractivity contribution in [1.29, 1.82) is 0 Å². The standard InChI is InChI=1S/C15H16N4O.H2O4S/c1-8-10(16)7-13-14(15(8)20)18-11-5-4-9(19(2)3)6-12(11)17-13;1-5(2,3)4/h4-8H,16H2,1-3H3;(H2,1,2,3,4). The van der Waals surface area contributed by atoms with Gasteiger partial charge in [0.05, 0.1) is 22.6 Å². The van der Waals surface area contributed by atoms with E-state index in [0.717, 1.165) is 16.7 Å². The van der Waals surface area contributed by atoms with Gasteiger partial charge in [-0.15, -0.1) is 0 Å². The highest BCUT2D eigenvalue weighted by Crippen LogP contribution is 2.26. The highest BCUT2D eigenvalue weighted by atomic mass is 32.3. The van der Waals surface area contributed by atoms with Crippen molar-refractivity contribution in [1.82, 2.24) is 9.97 Å². The molecular formula is C15H18N4O5S. The second-order valence-corrected chi connectivity index (χ2v) is 6.60. The Labute approximate surface area is 144 Å². The number of Topliss-reactive ketones (excluding diaryl/α,β-unsaturated/α-hetero) is 1. The van der Waals surface area contributed by atoms with Gasteiger partial charge in [-0.05, 0) is 31.2 Å². The molecule has 0 aliphatic heterocycles. The summed E-state index contributed by atoms with van der Waals surface area (Å²) in [4.78, 5) is 23.2. The minimum absolute atomic E-state index is 0.0638. The molecule has 0 fully saturated rings. The molecular weight excluding hydrogens is 348 g/mol. The van der Waals surface area contributed by atoms with Crippen LogP contribution in [0.5, 0.6) is 0 Å². The third kappa shape index (κ3) is 4.50. The SMILES string of the molecule is CC1C(=O)c2nc3ccc(N(C)C)cc3nc2C=C1N.O=S(=O)(O)O. The Morgan fingerprint density at radius 2 is 1.76 bits per heavy atom. The van der Waals surface area contributed by atoms with Crippen LogP contribution in [0.1, 0.15) is 23.1 Å². The number of benzene rings is 1. The van der Waals surface area contributed by atoms with Crippen LogP contribution in [0.15, 0.2) is 23.9 Å². The molecule has 0 amide bonds. The quantitative estimate of drug-likeness (QED) is 0.633. The Balaban J connectivity index is 0.000000399. The molecule has 9 nitrogen and oxygen atoms in total. The maximum Gasteiger partial charge on any atom is 0.394 e. The number of carbonyl (C=O) groups is 1. The van der Waals surface area contributed by atoms with E-state index in [1.807, 2.05) is 37.2 Å². The van der Waals surface area contributed by atoms with Crippen molar-refractivity contribution in [2.45, 2.75) is 6.92 Å². The van der Waals surface area contributed by atoms with Crippen molar-refractivity contribution < 1.29 is 22.3 Å². The Morgan fingerprint density at radius 3 is 2.32 bits per heavy atom. The topological polar surface area (TPSA) is 147 Å². The van der Waals surface area contributed by atoms with Gasteiger partial charge in [0, 0.05) is 25.5 Å². The summed E-state index contributed by atoms with van der Waals surface area (Å²) in [5.74, 6) is -0.388. The predicted octanol–water partition coefficient (Wildman–Crippen LogP) is 1.18. The number of allylic oxidation sites excluding steroid dienone is 1. The zero-order valence-corrected chi connectivity index (χ0v) is 14.6. The van der Waals surface area contributed by atoms with Gasteiger partial charge in [0.2, 0.25) is 0 Å². The van der Waals surface area contributed by atoms with Crippen molar-refractivity contribution >= 4 is 39.0 Å². The van der Waals surface area contributed by atoms with Crippen LogP contribution in [0.3, 0.4) is 0 Å². The van der Waals surface area contributed by atoms with Crippen LogP contribution in [0.25, 0.3) is 17.1 Å². The Bertz CT molecular complexity index is 961. The van der Waals surface area contributed by atoms with Gasteiger partial charge >= 0.3 is 10.4 Å². The van der Waals surface area contributed by atoms with Crippen LogP contribution in [0, 0.1) is 5.92 Å². The van der Waals surface area contributed by atoms with Gasteiger partial charge < -0.3 is 10.6 Å². The van der Waals surface area contributed by atoms with Gasteiger partial charge in [-0.1, -0.05) is 0 Å². The zero-order chi connectivity index (χ0) is 18.9. The van der Waals surface area contributed by atoms with Crippen molar-refractivity contribution in [3.63, 3.8) is 0 Å². The summed E-state index contributed by atoms with van der Waals surface area (Å²) < 4.78 is 31.6. The van der Waals surface area contributed by atoms with E-state index in [1.165, 1.54) is 0 Å². The molecule has 0 saturated heterocycles. The van der Waals surface area contributed by atoms with Crippen LogP contribution >= 0.6 is 0 Å². The van der Waals surface area contributed by atoms with Crippen molar-refractivity contribution in [3.05, 3.63) is 35.3 Å². The predicted molar refractivity (Wildman–Crippen MR) is 93.7 cm³/mol. The number of ketones is 1. The number of fused-ring (bicyclic) bond motifs is 2. The molecule has 0 saturated carbocycles. The van der Waals surface area contributed by atoms with E-state index in [1.54, 1.807) is 13.0 Å². The molecule has 1 aromatic heterocycles. The second kappa shape index (κ2) is 6.75. The summed E-state index contributed by atoms with van der Waals surface area (Å²) in [6.45, 7) is 1.79. The molecule has 0 radical (unpaired) electrons. The lowest BCUT2D eigenvalue weighted by Gasteiger charge is -2.18. The van der Waals surface area contributed by atoms with E-state index in [4.69, 9.17) is 23.3 Å². The molecule has 1 atom stereocenters. The van der Waals surface area contributed by atoms with E-state index in [2.05, 4.69) is 9.97 Å². The molecule has 1 aliphatic carbocycles. The number of rotatable bonds is 1. The summed E-state index contributed by atoms with van der Waals surface area (Å²) in [6.07, 6.45) is 1.75. The highest BCUT2D eigenvalue weighted by molar-refractivity contribution is 7.79. The molecule has 134 valence electrons. The lowest BCUT2D eigenvalue weighted by atomic mass is 9.93. The van der Waals surface area contributed by atoms with E-state index < -0.39 is 10.4 Å². The Hall–Kier alpha value is -2.56. The summed E-state index contributed by atoms with van der Waals surface area (Å²) in [5.41, 5.74) is 9.92. The van der Waals surface area contributed by atoms with Gasteiger partial charge in [-0.3, -0.25) is 13.9 Å². The van der Waals surface area contributed by atoms with Crippen molar-refractivity contribution in [2.75, 3.05) is 19.0 Å². The van der Waals surface area contributed by atoms with Crippen LogP contribution in [-0.2, 0) is 10.4 Å². The monoisotopic (exact) mass is 366 g/mol. The van der Waals surface area contributed by atoms with Crippen LogP contribution in [-0.4, -0.2) is 47.4 Å². The maximum atomic E-state index is 12.2. The average Bonchev–Trinajstić information content (AvgIpc) is 2.49. The zero-order valence-electron chi connectivity index (χ0n) is 13.8. The first-order valence-corrected chi connectivity index (χ1v) is 8.57. The number of aromatic nitrogens is 2. The number of anilines is 1. The summed E-state index contributed by atoms with van der Waals surface area (Å²) in [5, 5.41) is 0. The molecule has 0 bridgehead atoms. The third-order valence-corrected chi connectivity index (χ3v) is 3.62. The third-order valence-electron chi connectivity index (χ3n) is 3.62. The lowest BCUT2D eigenvalue weighted by molar-refractivity contribution is 0.0940. The molecule has 3 rings (SSSR count). The van der Waals surface area contributed by atoms with Gasteiger partial charge in [0.25, 0.3) is 0 Å². The first-order valence-electron chi connectivity index (χ1n) is 7.17. The van der Waals surface area contributed by atoms with Crippen molar-refractivity contribution in [2.24, 2.45) is 11.7 Å². The van der Waals surface area contributed by atoms with E-state index in [-0.39, 0.29) is 11.7 Å². The molecule has 1 unspecified atom stereocenters. The van der Waals surface area contributed by atoms with Gasteiger partial charge in [-0.2, -0.15) is 8.42 Å². The van der Waals surface area contributed by atoms with Crippen LogP contribution in [0.2, 0.25) is 0 Å². The number of hydrogen-bond donors (Lipinski definition) is 3. The number of carbonyl (C=O) groups excluding carboxylic acids is 1. The largest absolute Gasteiger partial charge is 0.401 e. The van der Waals surface area contributed by atoms with Crippen LogP contribution < -0.4 is 10.6 Å². The summed E-state index contributed by atoms with van der Waals surface area (Å²) in [6, 6.07) is 5.80. The number of nitrogens with zero attached hydrogens (tertiary/aromatic N) is 3. The molecule has 1 heterocycles. The summed E-state index contributed by atoms with van der Waals surface area (Å²) >= 11 is 0. The molecule has 10 heteroatoms. The molecule has 0 spiro atoms. The molecule has 25 heavy (non-hydrogen) atoms. The number of hydrogen-bond acceptors (Lipinski definition) is 7. The first kappa shape index (κ1) is 18.8. The average molecular weight is 366 g/mol. The van der Waals surface area contributed by atoms with E-state index in [0.29, 0.717) is 17.1 Å². The smallest absolute Gasteiger partial charge is 0.394 e. The molecule has 1 aliphatic rings. The highest BCUT2D eigenvalue weighted by Gasteiger charge is 2.27. The van der Waals surface area contributed by atoms with Crippen LogP contribution in [0.4, 0.5) is 5.69 Å². The minimum Gasteiger partial charge on any atom is -0.401 e.